The van der Waals surface area contributed by atoms with Gasteiger partial charge in [-0.25, -0.2) is 4.98 Å². The molecule has 2 aliphatic rings. The Morgan fingerprint density at radius 3 is 3.08 bits per heavy atom. The van der Waals surface area contributed by atoms with Crippen LogP contribution >= 0.6 is 24.0 Å². The van der Waals surface area contributed by atoms with Gasteiger partial charge >= 0.3 is 0 Å². The van der Waals surface area contributed by atoms with Crippen molar-refractivity contribution in [2.75, 3.05) is 33.4 Å². The number of fused-ring (bicyclic) bond motifs is 1. The third-order valence-electron chi connectivity index (χ3n) is 5.23. The summed E-state index contributed by atoms with van der Waals surface area (Å²) in [5.41, 5.74) is 3.59. The molecule has 2 aliphatic heterocycles. The first kappa shape index (κ1) is 18.4. The van der Waals surface area contributed by atoms with Gasteiger partial charge in [-0.1, -0.05) is 0 Å². The molecule has 7 heteroatoms. The van der Waals surface area contributed by atoms with Crippen LogP contribution in [-0.2, 0) is 11.3 Å². The highest BCUT2D eigenvalue weighted by Crippen LogP contribution is 2.38. The number of ether oxygens (including phenoxy) is 1. The highest BCUT2D eigenvalue weighted by Gasteiger charge is 2.42. The van der Waals surface area contributed by atoms with Crippen molar-refractivity contribution in [3.8, 4) is 0 Å². The summed E-state index contributed by atoms with van der Waals surface area (Å²) < 4.78 is 7.68. The van der Waals surface area contributed by atoms with Crippen LogP contribution in [-0.4, -0.2) is 53.6 Å². The van der Waals surface area contributed by atoms with Crippen LogP contribution in [0.5, 0.6) is 0 Å². The van der Waals surface area contributed by atoms with Gasteiger partial charge in [0.25, 0.3) is 0 Å². The second-order valence-electron chi connectivity index (χ2n) is 7.08. The molecular weight excluding hydrogens is 429 g/mol. The van der Waals surface area contributed by atoms with Crippen LogP contribution in [0.15, 0.2) is 29.5 Å². The third-order valence-corrected chi connectivity index (χ3v) is 5.23. The lowest BCUT2D eigenvalue weighted by Crippen LogP contribution is -2.41. The molecule has 4 heterocycles. The summed E-state index contributed by atoms with van der Waals surface area (Å²) in [4.78, 5) is 11.5. The Hall–Kier alpha value is -1.35. The molecule has 6 nitrogen and oxygen atoms in total. The Bertz CT molecular complexity index is 766. The number of nitrogens with zero attached hydrogens (tertiary/aromatic N) is 4. The molecule has 4 rings (SSSR count). The van der Waals surface area contributed by atoms with E-state index in [2.05, 4.69) is 56.0 Å². The molecule has 1 atom stereocenters. The largest absolute Gasteiger partial charge is 0.381 e. The fraction of sp³-hybridized carbons (Fsp3) is 0.556. The molecule has 0 radical (unpaired) electrons. The zero-order valence-electron chi connectivity index (χ0n) is 14.9. The first-order valence-electron chi connectivity index (χ1n) is 8.65. The molecule has 2 fully saturated rings. The molecule has 2 aromatic rings. The number of aryl methyl sites for hydroxylation is 1. The van der Waals surface area contributed by atoms with E-state index >= 15 is 0 Å². The summed E-state index contributed by atoms with van der Waals surface area (Å²) in [5, 5.41) is 3.47. The van der Waals surface area contributed by atoms with Gasteiger partial charge in [-0.05, 0) is 37.5 Å². The minimum atomic E-state index is 0. The SMILES string of the molecule is CN=C(NCc1cn2ccc(C)cc2n1)N1CCC2(CCOC2)C1.I. The monoisotopic (exact) mass is 455 g/mol. The predicted octanol–water partition coefficient (Wildman–Crippen LogP) is 2.45. The zero-order chi connectivity index (χ0) is 16.6. The summed E-state index contributed by atoms with van der Waals surface area (Å²) in [6, 6.07) is 4.20. The number of likely N-dealkylation sites (tertiary alicyclic amines) is 1. The van der Waals surface area contributed by atoms with Crippen LogP contribution in [0.2, 0.25) is 0 Å². The molecule has 136 valence electrons. The Morgan fingerprint density at radius 2 is 2.32 bits per heavy atom. The second kappa shape index (κ2) is 7.49. The van der Waals surface area contributed by atoms with E-state index in [0.717, 1.165) is 43.6 Å². The van der Waals surface area contributed by atoms with E-state index < -0.39 is 0 Å². The zero-order valence-corrected chi connectivity index (χ0v) is 17.2. The molecule has 0 amide bonds. The third kappa shape index (κ3) is 3.76. The van der Waals surface area contributed by atoms with Crippen molar-refractivity contribution in [3.05, 3.63) is 35.8 Å². The van der Waals surface area contributed by atoms with Gasteiger partial charge in [-0.3, -0.25) is 4.99 Å². The van der Waals surface area contributed by atoms with Crippen LogP contribution in [0, 0.1) is 12.3 Å². The summed E-state index contributed by atoms with van der Waals surface area (Å²) in [5.74, 6) is 0.965. The van der Waals surface area contributed by atoms with Gasteiger partial charge in [0, 0.05) is 44.6 Å². The maximum atomic E-state index is 5.62. The number of hydrogen-bond acceptors (Lipinski definition) is 3. The van der Waals surface area contributed by atoms with Crippen molar-refractivity contribution in [2.45, 2.75) is 26.3 Å². The van der Waals surface area contributed by atoms with Gasteiger partial charge in [-0.15, -0.1) is 24.0 Å². The fourth-order valence-corrected chi connectivity index (χ4v) is 3.81. The standard InChI is InChI=1S/C18H25N5O.HI/c1-14-3-6-22-11-15(21-16(22)9-14)10-20-17(19-2)23-7-4-18(12-23)5-8-24-13-18;/h3,6,9,11H,4-5,7-8,10,12-13H2,1-2H3,(H,19,20);1H. The predicted molar refractivity (Wildman–Crippen MR) is 110 cm³/mol. The Kier molecular flexibility index (Phi) is 5.52. The fourth-order valence-electron chi connectivity index (χ4n) is 3.81. The van der Waals surface area contributed by atoms with Crippen LogP contribution in [0.3, 0.4) is 0 Å². The molecule has 2 saturated heterocycles. The quantitative estimate of drug-likeness (QED) is 0.430. The lowest BCUT2D eigenvalue weighted by molar-refractivity contribution is 0.156. The summed E-state index contributed by atoms with van der Waals surface area (Å²) in [7, 11) is 1.85. The normalized spacial score (nSPS) is 23.4. The van der Waals surface area contributed by atoms with Gasteiger partial charge < -0.3 is 19.4 Å². The minimum Gasteiger partial charge on any atom is -0.381 e. The van der Waals surface area contributed by atoms with Crippen molar-refractivity contribution >= 4 is 35.6 Å². The highest BCUT2D eigenvalue weighted by molar-refractivity contribution is 14.0. The number of nitrogens with one attached hydrogen (secondary N) is 1. The lowest BCUT2D eigenvalue weighted by Gasteiger charge is -2.24. The summed E-state index contributed by atoms with van der Waals surface area (Å²) in [6.45, 7) is 6.66. The average Bonchev–Trinajstić information content (AvgIpc) is 3.29. The van der Waals surface area contributed by atoms with Crippen LogP contribution in [0.25, 0.3) is 5.65 Å². The average molecular weight is 455 g/mol. The number of rotatable bonds is 2. The van der Waals surface area contributed by atoms with Crippen LogP contribution < -0.4 is 5.32 Å². The molecule has 0 aliphatic carbocycles. The first-order valence-corrected chi connectivity index (χ1v) is 8.65. The number of halogens is 1. The van der Waals surface area contributed by atoms with E-state index in [1.807, 2.05) is 7.05 Å². The van der Waals surface area contributed by atoms with Crippen molar-refractivity contribution in [1.29, 1.82) is 0 Å². The molecule has 1 N–H and O–H groups in total. The van der Waals surface area contributed by atoms with Gasteiger partial charge in [0.2, 0.25) is 0 Å². The molecule has 1 spiro atoms. The number of aliphatic imine (C=N–C) groups is 1. The topological polar surface area (TPSA) is 54.2 Å². The minimum absolute atomic E-state index is 0. The smallest absolute Gasteiger partial charge is 0.193 e. The molecule has 2 aromatic heterocycles. The molecular formula is C18H26IN5O. The van der Waals surface area contributed by atoms with E-state index in [9.17, 15) is 0 Å². The van der Waals surface area contributed by atoms with Crippen molar-refractivity contribution < 1.29 is 4.74 Å². The van der Waals surface area contributed by atoms with Gasteiger partial charge in [-0.2, -0.15) is 0 Å². The maximum Gasteiger partial charge on any atom is 0.193 e. The van der Waals surface area contributed by atoms with Crippen LogP contribution in [0.4, 0.5) is 0 Å². The summed E-state index contributed by atoms with van der Waals surface area (Å²) >= 11 is 0. The highest BCUT2D eigenvalue weighted by atomic mass is 127. The first-order chi connectivity index (χ1) is 11.7. The number of guanidine groups is 1. The number of aromatic nitrogens is 2. The van der Waals surface area contributed by atoms with Crippen molar-refractivity contribution in [2.24, 2.45) is 10.4 Å². The van der Waals surface area contributed by atoms with E-state index in [-0.39, 0.29) is 24.0 Å². The Labute approximate surface area is 165 Å². The maximum absolute atomic E-state index is 5.62. The van der Waals surface area contributed by atoms with E-state index in [4.69, 9.17) is 4.74 Å². The molecule has 0 saturated carbocycles. The van der Waals surface area contributed by atoms with Gasteiger partial charge in [0.1, 0.15) is 5.65 Å². The Balaban J connectivity index is 0.00000182. The number of hydrogen-bond donors (Lipinski definition) is 1. The molecule has 0 bridgehead atoms. The molecule has 0 aromatic carbocycles. The van der Waals surface area contributed by atoms with Crippen molar-refractivity contribution in [1.82, 2.24) is 19.6 Å². The van der Waals surface area contributed by atoms with E-state index in [1.165, 1.54) is 18.4 Å². The van der Waals surface area contributed by atoms with E-state index in [0.29, 0.717) is 12.0 Å². The number of imidazole rings is 1. The van der Waals surface area contributed by atoms with Crippen molar-refractivity contribution in [3.63, 3.8) is 0 Å². The van der Waals surface area contributed by atoms with E-state index in [1.54, 1.807) is 0 Å². The molecule has 25 heavy (non-hydrogen) atoms. The number of pyridine rings is 1. The van der Waals surface area contributed by atoms with Gasteiger partial charge in [0.05, 0.1) is 18.8 Å². The summed E-state index contributed by atoms with van der Waals surface area (Å²) in [6.07, 6.45) is 6.50. The lowest BCUT2D eigenvalue weighted by atomic mass is 9.87. The molecule has 1 unspecified atom stereocenters. The Morgan fingerprint density at radius 1 is 1.44 bits per heavy atom. The van der Waals surface area contributed by atoms with Gasteiger partial charge in [0.15, 0.2) is 5.96 Å². The second-order valence-corrected chi connectivity index (χ2v) is 7.08. The van der Waals surface area contributed by atoms with Crippen LogP contribution in [0.1, 0.15) is 24.1 Å².